The molecule has 126 valence electrons. The molecule has 0 aliphatic heterocycles. The van der Waals surface area contributed by atoms with Crippen molar-refractivity contribution in [2.45, 2.75) is 25.8 Å². The van der Waals surface area contributed by atoms with Crippen molar-refractivity contribution in [3.63, 3.8) is 0 Å². The van der Waals surface area contributed by atoms with E-state index in [1.165, 1.54) is 4.68 Å². The van der Waals surface area contributed by atoms with Crippen LogP contribution in [0.1, 0.15) is 17.7 Å². The molecule has 1 heterocycles. The third-order valence-electron chi connectivity index (χ3n) is 3.99. The van der Waals surface area contributed by atoms with E-state index in [2.05, 4.69) is 15.7 Å². The van der Waals surface area contributed by atoms with Gasteiger partial charge < -0.3 is 15.4 Å². The fourth-order valence-corrected chi connectivity index (χ4v) is 2.79. The Balaban J connectivity index is 1.55. The number of aryl methyl sites for hydroxylation is 2. The zero-order chi connectivity index (χ0) is 16.9. The van der Waals surface area contributed by atoms with E-state index in [0.29, 0.717) is 24.5 Å². The highest BCUT2D eigenvalue weighted by Crippen LogP contribution is 2.22. The maximum absolute atomic E-state index is 12.0. The number of anilines is 1. The standard InChI is InChI=1S/C17H20N4O3/c1-24-15-8-3-2-6-14(15)19-17(23)18-9-10-21-16(22)11-12-5-4-7-13(12)20-21/h2-3,6,8,11H,4-5,7,9-10H2,1H3,(H2,18,19,23). The normalized spacial score (nSPS) is 12.5. The van der Waals surface area contributed by atoms with Crippen molar-refractivity contribution >= 4 is 11.7 Å². The molecule has 0 bridgehead atoms. The predicted molar refractivity (Wildman–Crippen MR) is 90.5 cm³/mol. The monoisotopic (exact) mass is 328 g/mol. The molecule has 0 atom stereocenters. The molecule has 1 aromatic carbocycles. The van der Waals surface area contributed by atoms with Gasteiger partial charge in [-0.15, -0.1) is 0 Å². The minimum absolute atomic E-state index is 0.123. The van der Waals surface area contributed by atoms with E-state index in [4.69, 9.17) is 4.74 Å². The van der Waals surface area contributed by atoms with Gasteiger partial charge in [0, 0.05) is 12.6 Å². The summed E-state index contributed by atoms with van der Waals surface area (Å²) >= 11 is 0. The van der Waals surface area contributed by atoms with Gasteiger partial charge in [0.25, 0.3) is 5.56 Å². The maximum Gasteiger partial charge on any atom is 0.319 e. The number of benzene rings is 1. The molecule has 0 saturated heterocycles. The van der Waals surface area contributed by atoms with Crippen molar-refractivity contribution in [1.29, 1.82) is 0 Å². The topological polar surface area (TPSA) is 85.2 Å². The molecule has 7 nitrogen and oxygen atoms in total. The molecule has 1 aliphatic rings. The van der Waals surface area contributed by atoms with Crippen molar-refractivity contribution in [1.82, 2.24) is 15.1 Å². The molecule has 0 spiro atoms. The number of methoxy groups -OCH3 is 1. The van der Waals surface area contributed by atoms with E-state index in [0.717, 1.165) is 30.5 Å². The second kappa shape index (κ2) is 7.16. The average Bonchev–Trinajstić information content (AvgIpc) is 3.02. The van der Waals surface area contributed by atoms with E-state index in [-0.39, 0.29) is 11.6 Å². The summed E-state index contributed by atoms with van der Waals surface area (Å²) in [4.78, 5) is 23.9. The van der Waals surface area contributed by atoms with Crippen LogP contribution in [0.2, 0.25) is 0 Å². The number of para-hydroxylation sites is 2. The molecule has 0 fully saturated rings. The van der Waals surface area contributed by atoms with E-state index < -0.39 is 0 Å². The van der Waals surface area contributed by atoms with Gasteiger partial charge in [0.15, 0.2) is 0 Å². The smallest absolute Gasteiger partial charge is 0.319 e. The van der Waals surface area contributed by atoms with Crippen LogP contribution in [-0.4, -0.2) is 29.5 Å². The molecule has 24 heavy (non-hydrogen) atoms. The lowest BCUT2D eigenvalue weighted by molar-refractivity contribution is 0.251. The molecular formula is C17H20N4O3. The van der Waals surface area contributed by atoms with E-state index in [9.17, 15) is 9.59 Å². The Morgan fingerprint density at radius 2 is 2.17 bits per heavy atom. The number of nitrogens with zero attached hydrogens (tertiary/aromatic N) is 2. The van der Waals surface area contributed by atoms with Crippen LogP contribution in [0, 0.1) is 0 Å². The van der Waals surface area contributed by atoms with Crippen LogP contribution in [0.4, 0.5) is 10.5 Å². The number of hydrogen-bond acceptors (Lipinski definition) is 4. The highest BCUT2D eigenvalue weighted by atomic mass is 16.5. The number of aromatic nitrogens is 2. The van der Waals surface area contributed by atoms with Gasteiger partial charge in [-0.25, -0.2) is 9.48 Å². The van der Waals surface area contributed by atoms with Gasteiger partial charge >= 0.3 is 6.03 Å². The van der Waals surface area contributed by atoms with Gasteiger partial charge in [-0.05, 0) is 37.0 Å². The Morgan fingerprint density at radius 1 is 1.33 bits per heavy atom. The Bertz CT molecular complexity index is 801. The highest BCUT2D eigenvalue weighted by Gasteiger charge is 2.14. The Kier molecular flexibility index (Phi) is 4.79. The minimum Gasteiger partial charge on any atom is -0.495 e. The Hall–Kier alpha value is -2.83. The molecule has 3 rings (SSSR count). The van der Waals surface area contributed by atoms with Crippen LogP contribution in [-0.2, 0) is 19.4 Å². The number of fused-ring (bicyclic) bond motifs is 1. The first-order chi connectivity index (χ1) is 11.7. The highest BCUT2D eigenvalue weighted by molar-refractivity contribution is 5.90. The number of urea groups is 1. The van der Waals surface area contributed by atoms with E-state index in [1.54, 1.807) is 25.3 Å². The zero-order valence-electron chi connectivity index (χ0n) is 13.5. The van der Waals surface area contributed by atoms with Crippen LogP contribution < -0.4 is 20.9 Å². The molecule has 7 heteroatoms. The molecule has 1 aromatic heterocycles. The van der Waals surface area contributed by atoms with Gasteiger partial charge in [0.2, 0.25) is 0 Å². The number of nitrogens with one attached hydrogen (secondary N) is 2. The van der Waals surface area contributed by atoms with Crippen LogP contribution in [0.5, 0.6) is 5.75 Å². The first kappa shape index (κ1) is 16.0. The fraction of sp³-hybridized carbons (Fsp3) is 0.353. The summed E-state index contributed by atoms with van der Waals surface area (Å²) in [5.41, 5.74) is 2.51. The quantitative estimate of drug-likeness (QED) is 0.872. The van der Waals surface area contributed by atoms with Crippen LogP contribution in [0.3, 0.4) is 0 Å². The molecule has 0 unspecified atom stereocenters. The second-order valence-electron chi connectivity index (χ2n) is 5.61. The van der Waals surface area contributed by atoms with Crippen molar-refractivity contribution in [3.05, 3.63) is 51.9 Å². The van der Waals surface area contributed by atoms with Gasteiger partial charge in [0.1, 0.15) is 5.75 Å². The molecule has 1 aliphatic carbocycles. The van der Waals surface area contributed by atoms with Gasteiger partial charge in [0.05, 0.1) is 25.0 Å². The SMILES string of the molecule is COc1ccccc1NC(=O)NCCn1nc2c(cc1=O)CCC2. The number of carbonyl (C=O) groups is 1. The summed E-state index contributed by atoms with van der Waals surface area (Å²) in [6, 6.07) is 8.47. The lowest BCUT2D eigenvalue weighted by atomic mass is 10.2. The first-order valence-corrected chi connectivity index (χ1v) is 7.95. The number of carbonyl (C=O) groups excluding carboxylic acids is 1. The van der Waals surface area contributed by atoms with Crippen molar-refractivity contribution in [2.75, 3.05) is 19.0 Å². The molecule has 2 aromatic rings. The summed E-state index contributed by atoms with van der Waals surface area (Å²) < 4.78 is 6.59. The summed E-state index contributed by atoms with van der Waals surface area (Å²) in [6.07, 6.45) is 2.89. The zero-order valence-corrected chi connectivity index (χ0v) is 13.5. The number of ether oxygens (including phenoxy) is 1. The summed E-state index contributed by atoms with van der Waals surface area (Å²) in [6.45, 7) is 0.651. The first-order valence-electron chi connectivity index (χ1n) is 7.95. The number of amides is 2. The molecule has 2 N–H and O–H groups in total. The molecule has 0 saturated carbocycles. The maximum atomic E-state index is 12.0. The Morgan fingerprint density at radius 3 is 3.00 bits per heavy atom. The third-order valence-corrected chi connectivity index (χ3v) is 3.99. The summed E-state index contributed by atoms with van der Waals surface area (Å²) in [5.74, 6) is 0.587. The van der Waals surface area contributed by atoms with Crippen LogP contribution >= 0.6 is 0 Å². The lowest BCUT2D eigenvalue weighted by Gasteiger charge is -2.11. The largest absolute Gasteiger partial charge is 0.495 e. The molecular weight excluding hydrogens is 308 g/mol. The predicted octanol–water partition coefficient (Wildman–Crippen LogP) is 1.56. The number of hydrogen-bond donors (Lipinski definition) is 2. The van der Waals surface area contributed by atoms with Gasteiger partial charge in [-0.2, -0.15) is 5.10 Å². The van der Waals surface area contributed by atoms with Gasteiger partial charge in [-0.3, -0.25) is 4.79 Å². The third kappa shape index (κ3) is 3.56. The molecule has 2 amide bonds. The van der Waals surface area contributed by atoms with Gasteiger partial charge in [-0.1, -0.05) is 12.1 Å². The second-order valence-corrected chi connectivity index (χ2v) is 5.61. The minimum atomic E-state index is -0.353. The van der Waals surface area contributed by atoms with Crippen molar-refractivity contribution < 1.29 is 9.53 Å². The molecule has 0 radical (unpaired) electrons. The van der Waals surface area contributed by atoms with Crippen LogP contribution in [0.15, 0.2) is 35.1 Å². The van der Waals surface area contributed by atoms with Crippen molar-refractivity contribution in [2.24, 2.45) is 0 Å². The van der Waals surface area contributed by atoms with E-state index in [1.807, 2.05) is 12.1 Å². The summed E-state index contributed by atoms with van der Waals surface area (Å²) in [5, 5.41) is 9.82. The number of rotatable bonds is 5. The van der Waals surface area contributed by atoms with E-state index >= 15 is 0 Å². The average molecular weight is 328 g/mol. The summed E-state index contributed by atoms with van der Waals surface area (Å²) in [7, 11) is 1.55. The Labute approximate surface area is 139 Å². The van der Waals surface area contributed by atoms with Crippen molar-refractivity contribution in [3.8, 4) is 5.75 Å². The van der Waals surface area contributed by atoms with Crippen LogP contribution in [0.25, 0.3) is 0 Å². The fourth-order valence-electron chi connectivity index (χ4n) is 2.79. The lowest BCUT2D eigenvalue weighted by Crippen LogP contribution is -2.34.